The Balaban J connectivity index is 1.59. The van der Waals surface area contributed by atoms with Gasteiger partial charge in [0.2, 0.25) is 10.0 Å². The Bertz CT molecular complexity index is 827. The van der Waals surface area contributed by atoms with Crippen molar-refractivity contribution < 1.29 is 13.2 Å². The van der Waals surface area contributed by atoms with Crippen LogP contribution < -0.4 is 4.72 Å². The van der Waals surface area contributed by atoms with E-state index < -0.39 is 15.3 Å². The van der Waals surface area contributed by atoms with E-state index in [-0.39, 0.29) is 25.0 Å². The molecule has 0 spiro atoms. The summed E-state index contributed by atoms with van der Waals surface area (Å²) in [5, 5.41) is 0.168. The van der Waals surface area contributed by atoms with Gasteiger partial charge in [-0.1, -0.05) is 18.2 Å². The molecule has 1 N–H and O–H groups in total. The minimum absolute atomic E-state index is 0.134. The number of hydrogen-bond donors (Lipinski definition) is 1. The Labute approximate surface area is 145 Å². The average Bonchev–Trinajstić information content (AvgIpc) is 2.92. The van der Waals surface area contributed by atoms with Gasteiger partial charge in [0.1, 0.15) is 10.3 Å². The topological polar surface area (TPSA) is 79.4 Å². The van der Waals surface area contributed by atoms with E-state index >= 15 is 0 Å². The summed E-state index contributed by atoms with van der Waals surface area (Å²) in [6.45, 7) is 4.14. The lowest BCUT2D eigenvalue weighted by atomic mass is 10.1. The normalized spacial score (nSPS) is 16.7. The van der Waals surface area contributed by atoms with Crippen molar-refractivity contribution in [1.29, 1.82) is 0 Å². The molecule has 8 heteroatoms. The number of carbonyl (C=O) groups excluding carboxylic acids is 1. The number of carbonyl (C=O) groups is 1. The SMILES string of the molecule is Cc1cnc([C@H](C)NS(=O)(=O)C2CN(C(=O)c3ccccc3)C2)s1. The summed E-state index contributed by atoms with van der Waals surface area (Å²) in [4.78, 5) is 19.1. The summed E-state index contributed by atoms with van der Waals surface area (Å²) in [6.07, 6.45) is 1.73. The molecule has 2 aromatic rings. The quantitative estimate of drug-likeness (QED) is 0.878. The highest BCUT2D eigenvalue weighted by Gasteiger charge is 2.40. The molecule has 1 aliphatic rings. The average molecular weight is 365 g/mol. The summed E-state index contributed by atoms with van der Waals surface area (Å²) >= 11 is 1.47. The summed E-state index contributed by atoms with van der Waals surface area (Å²) in [7, 11) is -3.49. The Morgan fingerprint density at radius 3 is 2.58 bits per heavy atom. The highest BCUT2D eigenvalue weighted by molar-refractivity contribution is 7.90. The molecule has 0 unspecified atom stereocenters. The zero-order chi connectivity index (χ0) is 17.3. The zero-order valence-corrected chi connectivity index (χ0v) is 15.1. The molecular weight excluding hydrogens is 346 g/mol. The van der Waals surface area contributed by atoms with Gasteiger partial charge in [0.25, 0.3) is 5.91 Å². The monoisotopic (exact) mass is 365 g/mol. The molecule has 1 fully saturated rings. The third kappa shape index (κ3) is 3.50. The van der Waals surface area contributed by atoms with Crippen molar-refractivity contribution in [3.63, 3.8) is 0 Å². The van der Waals surface area contributed by atoms with Crippen LogP contribution in [0.25, 0.3) is 0 Å². The van der Waals surface area contributed by atoms with Crippen molar-refractivity contribution in [2.24, 2.45) is 0 Å². The standard InChI is InChI=1S/C16H19N3O3S2/c1-11-8-17-15(23-11)12(2)18-24(21,22)14-9-19(10-14)16(20)13-6-4-3-5-7-13/h3-8,12,14,18H,9-10H2,1-2H3/t12-/m0/s1. The zero-order valence-electron chi connectivity index (χ0n) is 13.5. The number of aryl methyl sites for hydroxylation is 1. The fraction of sp³-hybridized carbons (Fsp3) is 0.375. The number of thiazole rings is 1. The summed E-state index contributed by atoms with van der Waals surface area (Å²) < 4.78 is 27.5. The first kappa shape index (κ1) is 17.1. The number of rotatable bonds is 5. The number of likely N-dealkylation sites (tertiary alicyclic amines) is 1. The van der Waals surface area contributed by atoms with Crippen LogP contribution in [0, 0.1) is 6.92 Å². The second-order valence-electron chi connectivity index (χ2n) is 5.89. The van der Waals surface area contributed by atoms with E-state index in [9.17, 15) is 13.2 Å². The first-order valence-corrected chi connectivity index (χ1v) is 10.0. The molecule has 1 aromatic heterocycles. The summed E-state index contributed by atoms with van der Waals surface area (Å²) in [5.74, 6) is -0.134. The van der Waals surface area contributed by atoms with Gasteiger partial charge in [0.05, 0.1) is 6.04 Å². The maximum atomic E-state index is 12.4. The second kappa shape index (κ2) is 6.62. The van der Waals surface area contributed by atoms with Gasteiger partial charge in [0.15, 0.2) is 0 Å². The van der Waals surface area contributed by atoms with Crippen LogP contribution in [0.3, 0.4) is 0 Å². The minimum atomic E-state index is -3.49. The van der Waals surface area contributed by atoms with E-state index in [1.54, 1.807) is 42.3 Å². The lowest BCUT2D eigenvalue weighted by Gasteiger charge is -2.39. The Morgan fingerprint density at radius 2 is 2.00 bits per heavy atom. The van der Waals surface area contributed by atoms with Crippen molar-refractivity contribution in [2.45, 2.75) is 25.1 Å². The van der Waals surface area contributed by atoms with Crippen LogP contribution in [0.4, 0.5) is 0 Å². The van der Waals surface area contributed by atoms with Crippen molar-refractivity contribution in [3.05, 3.63) is 52.0 Å². The van der Waals surface area contributed by atoms with Crippen LogP contribution >= 0.6 is 11.3 Å². The van der Waals surface area contributed by atoms with Crippen molar-refractivity contribution in [3.8, 4) is 0 Å². The lowest BCUT2D eigenvalue weighted by Crippen LogP contribution is -2.59. The molecule has 1 atom stereocenters. The molecule has 128 valence electrons. The van der Waals surface area contributed by atoms with Crippen LogP contribution in [-0.4, -0.2) is 42.5 Å². The van der Waals surface area contributed by atoms with E-state index in [1.807, 2.05) is 13.0 Å². The van der Waals surface area contributed by atoms with Crippen molar-refractivity contribution in [2.75, 3.05) is 13.1 Å². The molecule has 1 amide bonds. The van der Waals surface area contributed by atoms with Crippen LogP contribution in [0.2, 0.25) is 0 Å². The molecule has 1 saturated heterocycles. The molecule has 24 heavy (non-hydrogen) atoms. The first-order chi connectivity index (χ1) is 11.4. The van der Waals surface area contributed by atoms with E-state index in [0.717, 1.165) is 9.88 Å². The Morgan fingerprint density at radius 1 is 1.33 bits per heavy atom. The van der Waals surface area contributed by atoms with E-state index in [0.29, 0.717) is 5.56 Å². The number of sulfonamides is 1. The van der Waals surface area contributed by atoms with Gasteiger partial charge in [0, 0.05) is 29.7 Å². The molecule has 0 radical (unpaired) electrons. The molecular formula is C16H19N3O3S2. The number of aromatic nitrogens is 1. The molecule has 1 aliphatic heterocycles. The summed E-state index contributed by atoms with van der Waals surface area (Å²) in [5.41, 5.74) is 0.577. The molecule has 0 aliphatic carbocycles. The molecule has 1 aromatic carbocycles. The van der Waals surface area contributed by atoms with Crippen LogP contribution in [-0.2, 0) is 10.0 Å². The lowest BCUT2D eigenvalue weighted by molar-refractivity contribution is 0.0658. The van der Waals surface area contributed by atoms with Crippen LogP contribution in [0.5, 0.6) is 0 Å². The maximum absolute atomic E-state index is 12.4. The van der Waals surface area contributed by atoms with Gasteiger partial charge >= 0.3 is 0 Å². The van der Waals surface area contributed by atoms with Gasteiger partial charge < -0.3 is 4.90 Å². The minimum Gasteiger partial charge on any atom is -0.336 e. The first-order valence-electron chi connectivity index (χ1n) is 7.64. The largest absolute Gasteiger partial charge is 0.336 e. The summed E-state index contributed by atoms with van der Waals surface area (Å²) in [6, 6.07) is 8.52. The number of nitrogens with one attached hydrogen (secondary N) is 1. The van der Waals surface area contributed by atoms with Crippen molar-refractivity contribution >= 4 is 27.3 Å². The Kier molecular flexibility index (Phi) is 4.71. The third-order valence-electron chi connectivity index (χ3n) is 3.95. The number of benzene rings is 1. The predicted molar refractivity (Wildman–Crippen MR) is 93.5 cm³/mol. The van der Waals surface area contributed by atoms with Gasteiger partial charge in [-0.05, 0) is 26.0 Å². The highest BCUT2D eigenvalue weighted by Crippen LogP contribution is 2.23. The molecule has 6 nitrogen and oxygen atoms in total. The molecule has 0 bridgehead atoms. The number of hydrogen-bond acceptors (Lipinski definition) is 5. The maximum Gasteiger partial charge on any atom is 0.253 e. The van der Waals surface area contributed by atoms with Crippen LogP contribution in [0.15, 0.2) is 36.5 Å². The molecule has 2 heterocycles. The molecule has 0 saturated carbocycles. The predicted octanol–water partition coefficient (Wildman–Crippen LogP) is 1.96. The smallest absolute Gasteiger partial charge is 0.253 e. The second-order valence-corrected chi connectivity index (χ2v) is 9.15. The van der Waals surface area contributed by atoms with E-state index in [1.165, 1.54) is 11.3 Å². The molecule has 3 rings (SSSR count). The number of nitrogens with zero attached hydrogens (tertiary/aromatic N) is 2. The Hall–Kier alpha value is -1.77. The van der Waals surface area contributed by atoms with Gasteiger partial charge in [-0.15, -0.1) is 11.3 Å². The van der Waals surface area contributed by atoms with E-state index in [4.69, 9.17) is 0 Å². The fourth-order valence-electron chi connectivity index (χ4n) is 2.53. The van der Waals surface area contributed by atoms with Gasteiger partial charge in [-0.2, -0.15) is 0 Å². The van der Waals surface area contributed by atoms with Crippen molar-refractivity contribution in [1.82, 2.24) is 14.6 Å². The van der Waals surface area contributed by atoms with Gasteiger partial charge in [-0.25, -0.2) is 18.1 Å². The highest BCUT2D eigenvalue weighted by atomic mass is 32.2. The third-order valence-corrected chi connectivity index (χ3v) is 6.90. The fourth-order valence-corrected chi connectivity index (χ4v) is 4.93. The van der Waals surface area contributed by atoms with Crippen LogP contribution in [0.1, 0.15) is 33.2 Å². The van der Waals surface area contributed by atoms with Gasteiger partial charge in [-0.3, -0.25) is 4.79 Å². The number of amides is 1. The van der Waals surface area contributed by atoms with E-state index in [2.05, 4.69) is 9.71 Å².